The van der Waals surface area contributed by atoms with E-state index >= 15 is 0 Å². The van der Waals surface area contributed by atoms with E-state index in [9.17, 15) is 27.6 Å². The predicted octanol–water partition coefficient (Wildman–Crippen LogP) is 1.74. The fourth-order valence-electron chi connectivity index (χ4n) is 5.11. The number of allylic oxidation sites excluding steroid dienone is 1. The van der Waals surface area contributed by atoms with Crippen LogP contribution in [0, 0.1) is 5.92 Å². The standard InChI is InChI=1S/C27H43N5O7S/c1-6-16-31(5)40(37,38)30-24(35)27-18-19(27)13-10-8-7-9-11-14-20(28-25(36)39-26(2,3)4)23(34)32-17-12-15-21(32)22(33)29-27/h6,10,13,19-21H,1,7-9,11-12,14-18H2,2-5H3,(H,28,36)(H,29,33)(H,30,35)/b13-10-/t19-,20?,21+,27-/m1/s1. The zero-order chi connectivity index (χ0) is 29.7. The first-order valence-corrected chi connectivity index (χ1v) is 15.3. The second-order valence-corrected chi connectivity index (χ2v) is 13.5. The van der Waals surface area contributed by atoms with Crippen molar-refractivity contribution in [2.45, 2.75) is 95.4 Å². The topological polar surface area (TPSA) is 154 Å². The number of nitrogens with one attached hydrogen (secondary N) is 3. The molecule has 4 atom stereocenters. The number of carbonyl (C=O) groups excluding carboxylic acids is 4. The summed E-state index contributed by atoms with van der Waals surface area (Å²) >= 11 is 0. The lowest BCUT2D eigenvalue weighted by Crippen LogP contribution is -2.59. The van der Waals surface area contributed by atoms with Crippen LogP contribution in [0.25, 0.3) is 0 Å². The molecule has 12 nitrogen and oxygen atoms in total. The molecule has 1 aliphatic carbocycles. The molecule has 0 spiro atoms. The summed E-state index contributed by atoms with van der Waals surface area (Å²) in [4.78, 5) is 54.5. The monoisotopic (exact) mass is 581 g/mol. The van der Waals surface area contributed by atoms with Gasteiger partial charge < -0.3 is 20.3 Å². The fourth-order valence-corrected chi connectivity index (χ4v) is 5.98. The Morgan fingerprint density at radius 2 is 1.95 bits per heavy atom. The van der Waals surface area contributed by atoms with Crippen LogP contribution in [0.4, 0.5) is 4.79 Å². The third-order valence-electron chi connectivity index (χ3n) is 7.34. The fraction of sp³-hybridized carbons (Fsp3) is 0.704. The van der Waals surface area contributed by atoms with Crippen LogP contribution in [0.3, 0.4) is 0 Å². The molecule has 2 fully saturated rings. The van der Waals surface area contributed by atoms with Crippen molar-refractivity contribution in [2.75, 3.05) is 20.1 Å². The minimum Gasteiger partial charge on any atom is -0.444 e. The van der Waals surface area contributed by atoms with Crippen LogP contribution in [0.1, 0.15) is 72.1 Å². The number of alkyl carbamates (subject to hydrolysis) is 1. The van der Waals surface area contributed by atoms with Crippen molar-refractivity contribution < 1.29 is 32.3 Å². The van der Waals surface area contributed by atoms with Crippen molar-refractivity contribution in [3.63, 3.8) is 0 Å². The first kappa shape index (κ1) is 31.6. The molecule has 2 heterocycles. The number of carbonyl (C=O) groups is 4. The van der Waals surface area contributed by atoms with Gasteiger partial charge in [-0.25, -0.2) is 9.52 Å². The van der Waals surface area contributed by atoms with Gasteiger partial charge in [0.2, 0.25) is 11.8 Å². The van der Waals surface area contributed by atoms with Gasteiger partial charge in [-0.2, -0.15) is 12.7 Å². The smallest absolute Gasteiger partial charge is 0.408 e. The highest BCUT2D eigenvalue weighted by Crippen LogP contribution is 2.45. The minimum absolute atomic E-state index is 0.00292. The van der Waals surface area contributed by atoms with Crippen molar-refractivity contribution >= 4 is 34.0 Å². The predicted molar refractivity (Wildman–Crippen MR) is 149 cm³/mol. The Morgan fingerprint density at radius 1 is 1.23 bits per heavy atom. The number of likely N-dealkylation sites (N-methyl/N-ethyl adjacent to an activating group) is 1. The number of amides is 4. The highest BCUT2D eigenvalue weighted by atomic mass is 32.2. The van der Waals surface area contributed by atoms with E-state index in [1.165, 1.54) is 18.0 Å². The second-order valence-electron chi connectivity index (χ2n) is 11.7. The lowest BCUT2D eigenvalue weighted by molar-refractivity contribution is -0.141. The molecular formula is C27H43N5O7S. The first-order chi connectivity index (χ1) is 18.7. The van der Waals surface area contributed by atoms with Crippen LogP contribution in [-0.2, 0) is 29.3 Å². The van der Waals surface area contributed by atoms with Crippen molar-refractivity contribution in [3.8, 4) is 0 Å². The van der Waals surface area contributed by atoms with E-state index in [-0.39, 0.29) is 24.8 Å². The Morgan fingerprint density at radius 3 is 2.62 bits per heavy atom. The van der Waals surface area contributed by atoms with Crippen LogP contribution in [-0.4, -0.2) is 84.8 Å². The van der Waals surface area contributed by atoms with Crippen molar-refractivity contribution in [1.82, 2.24) is 24.6 Å². The van der Waals surface area contributed by atoms with E-state index in [1.807, 2.05) is 12.2 Å². The van der Waals surface area contributed by atoms with Gasteiger partial charge in [-0.05, 0) is 59.3 Å². The third-order valence-corrected chi connectivity index (χ3v) is 8.76. The highest BCUT2D eigenvalue weighted by Gasteiger charge is 2.61. The van der Waals surface area contributed by atoms with Gasteiger partial charge in [0.15, 0.2) is 0 Å². The molecule has 1 saturated heterocycles. The third kappa shape index (κ3) is 7.84. The molecule has 2 aliphatic heterocycles. The normalized spacial score (nSPS) is 28.7. The van der Waals surface area contributed by atoms with Crippen LogP contribution in [0.2, 0.25) is 0 Å². The molecule has 224 valence electrons. The van der Waals surface area contributed by atoms with Gasteiger partial charge in [-0.15, -0.1) is 6.58 Å². The second kappa shape index (κ2) is 12.7. The largest absolute Gasteiger partial charge is 0.444 e. The number of hydrogen-bond acceptors (Lipinski definition) is 7. The average Bonchev–Trinajstić information content (AvgIpc) is 3.30. The van der Waals surface area contributed by atoms with Crippen LogP contribution in [0.15, 0.2) is 24.8 Å². The molecule has 0 radical (unpaired) electrons. The van der Waals surface area contributed by atoms with Gasteiger partial charge in [0.05, 0.1) is 0 Å². The first-order valence-electron chi connectivity index (χ1n) is 13.9. The van der Waals surface area contributed by atoms with E-state index in [1.54, 1.807) is 20.8 Å². The van der Waals surface area contributed by atoms with Crippen LogP contribution < -0.4 is 15.4 Å². The van der Waals surface area contributed by atoms with E-state index < -0.39 is 51.3 Å². The summed E-state index contributed by atoms with van der Waals surface area (Å²) in [6, 6.07) is -1.71. The number of hydrogen-bond donors (Lipinski definition) is 3. The number of ether oxygens (including phenoxy) is 1. The number of fused-ring (bicyclic) bond motifs is 2. The molecule has 0 aromatic heterocycles. The average molecular weight is 582 g/mol. The van der Waals surface area contributed by atoms with E-state index in [0.29, 0.717) is 32.2 Å². The SMILES string of the molecule is C=CCN(C)S(=O)(=O)NC(=O)[C@@]12C[C@H]1/C=C\CCCCCC(NC(=O)OC(C)(C)C)C(=O)N1CCC[C@H]1C(=O)N2. The Kier molecular flexibility index (Phi) is 10.0. The summed E-state index contributed by atoms with van der Waals surface area (Å²) in [5, 5.41) is 5.49. The van der Waals surface area contributed by atoms with Crippen LogP contribution in [0.5, 0.6) is 0 Å². The van der Waals surface area contributed by atoms with Crippen molar-refractivity contribution in [3.05, 3.63) is 24.8 Å². The summed E-state index contributed by atoms with van der Waals surface area (Å²) in [6.07, 6.45) is 9.14. The summed E-state index contributed by atoms with van der Waals surface area (Å²) in [6.45, 7) is 9.06. The lowest BCUT2D eigenvalue weighted by Gasteiger charge is -2.30. The molecule has 4 amide bonds. The maximum Gasteiger partial charge on any atom is 0.408 e. The Balaban J connectivity index is 1.84. The highest BCUT2D eigenvalue weighted by molar-refractivity contribution is 7.87. The van der Waals surface area contributed by atoms with Crippen LogP contribution >= 0.6 is 0 Å². The molecule has 13 heteroatoms. The number of nitrogens with zero attached hydrogens (tertiary/aromatic N) is 2. The van der Waals surface area contributed by atoms with Gasteiger partial charge >= 0.3 is 16.3 Å². The molecule has 1 unspecified atom stereocenters. The molecule has 40 heavy (non-hydrogen) atoms. The van der Waals surface area contributed by atoms with E-state index in [0.717, 1.165) is 23.6 Å². The lowest BCUT2D eigenvalue weighted by atomic mass is 10.0. The van der Waals surface area contributed by atoms with E-state index in [2.05, 4.69) is 21.9 Å². The molecule has 1 saturated carbocycles. The van der Waals surface area contributed by atoms with Gasteiger partial charge in [0.1, 0.15) is 23.2 Å². The molecule has 0 aromatic rings. The molecular weight excluding hydrogens is 538 g/mol. The zero-order valence-electron chi connectivity index (χ0n) is 23.9. The van der Waals surface area contributed by atoms with Gasteiger partial charge in [-0.1, -0.05) is 31.1 Å². The van der Waals surface area contributed by atoms with Gasteiger partial charge in [0, 0.05) is 26.1 Å². The van der Waals surface area contributed by atoms with Crippen molar-refractivity contribution in [1.29, 1.82) is 0 Å². The molecule has 3 N–H and O–H groups in total. The quantitative estimate of drug-likeness (QED) is 0.404. The van der Waals surface area contributed by atoms with Crippen molar-refractivity contribution in [2.24, 2.45) is 5.92 Å². The molecule has 0 bridgehead atoms. The zero-order valence-corrected chi connectivity index (χ0v) is 24.7. The van der Waals surface area contributed by atoms with Gasteiger partial charge in [0.25, 0.3) is 5.91 Å². The Hall–Kier alpha value is -2.93. The Bertz CT molecular complexity index is 1130. The Labute approximate surface area is 237 Å². The summed E-state index contributed by atoms with van der Waals surface area (Å²) < 4.78 is 33.7. The molecule has 0 aromatic carbocycles. The molecule has 3 rings (SSSR count). The summed E-state index contributed by atoms with van der Waals surface area (Å²) in [7, 11) is -2.84. The minimum atomic E-state index is -4.15. The number of rotatable bonds is 6. The van der Waals surface area contributed by atoms with E-state index in [4.69, 9.17) is 4.74 Å². The summed E-state index contributed by atoms with van der Waals surface area (Å²) in [5.74, 6) is -2.11. The molecule has 3 aliphatic rings. The van der Waals surface area contributed by atoms with Gasteiger partial charge in [-0.3, -0.25) is 14.4 Å². The maximum atomic E-state index is 13.6. The summed E-state index contributed by atoms with van der Waals surface area (Å²) in [5.41, 5.74) is -2.18. The maximum absolute atomic E-state index is 13.6.